The normalized spacial score (nSPS) is 11.0. The number of thiophene rings is 1. The van der Waals surface area contributed by atoms with E-state index < -0.39 is 0 Å². The van der Waals surface area contributed by atoms with Crippen LogP contribution in [0.25, 0.3) is 10.2 Å². The number of nitrogens with one attached hydrogen (secondary N) is 1. The molecule has 2 heterocycles. The van der Waals surface area contributed by atoms with E-state index in [0.717, 1.165) is 28.1 Å². The van der Waals surface area contributed by atoms with Crippen LogP contribution < -0.4 is 11.1 Å². The molecule has 114 valence electrons. The molecule has 2 aromatic heterocycles. The number of nitrogens with two attached hydrogens (primary N) is 1. The molecule has 3 N–H and O–H groups in total. The number of hydrogen-bond donors (Lipinski definition) is 2. The number of aryl methyl sites for hydroxylation is 2. The van der Waals surface area contributed by atoms with Crippen molar-refractivity contribution in [2.24, 2.45) is 5.73 Å². The van der Waals surface area contributed by atoms with Gasteiger partial charge in [-0.25, -0.2) is 9.97 Å². The first kappa shape index (κ1) is 16.2. The molecular weight excluding hydrogens is 304 g/mol. The van der Waals surface area contributed by atoms with Crippen LogP contribution in [0.15, 0.2) is 11.4 Å². The molecule has 21 heavy (non-hydrogen) atoms. The van der Waals surface area contributed by atoms with E-state index >= 15 is 0 Å². The van der Waals surface area contributed by atoms with E-state index in [9.17, 15) is 4.79 Å². The highest BCUT2D eigenvalue weighted by Gasteiger charge is 2.13. The average Bonchev–Trinajstić information content (AvgIpc) is 2.77. The quantitative estimate of drug-likeness (QED) is 0.464. The SMILES string of the molecule is Cc1sc2ncnc(SCC(=O)NCCCCN)c2c1C. The third-order valence-electron chi connectivity index (χ3n) is 3.22. The largest absolute Gasteiger partial charge is 0.355 e. The minimum atomic E-state index is 0.0355. The monoisotopic (exact) mass is 324 g/mol. The lowest BCUT2D eigenvalue weighted by molar-refractivity contribution is -0.118. The molecule has 0 unspecified atom stereocenters. The summed E-state index contributed by atoms with van der Waals surface area (Å²) in [6, 6.07) is 0. The molecule has 0 aromatic carbocycles. The molecule has 0 atom stereocenters. The maximum Gasteiger partial charge on any atom is 0.230 e. The average molecular weight is 324 g/mol. The van der Waals surface area contributed by atoms with E-state index in [-0.39, 0.29) is 5.91 Å². The number of aromatic nitrogens is 2. The smallest absolute Gasteiger partial charge is 0.230 e. The molecule has 0 aliphatic rings. The van der Waals surface area contributed by atoms with Crippen LogP contribution in [0.3, 0.4) is 0 Å². The van der Waals surface area contributed by atoms with E-state index in [1.807, 2.05) is 0 Å². The minimum absolute atomic E-state index is 0.0355. The van der Waals surface area contributed by atoms with Crippen molar-refractivity contribution < 1.29 is 4.79 Å². The molecule has 1 amide bonds. The molecule has 0 bridgehead atoms. The molecule has 0 spiro atoms. The van der Waals surface area contributed by atoms with E-state index in [1.165, 1.54) is 22.2 Å². The van der Waals surface area contributed by atoms with Gasteiger partial charge in [0.2, 0.25) is 5.91 Å². The Balaban J connectivity index is 1.96. The Morgan fingerprint density at radius 2 is 2.19 bits per heavy atom. The van der Waals surface area contributed by atoms with E-state index in [4.69, 9.17) is 5.73 Å². The first-order valence-corrected chi connectivity index (χ1v) is 8.74. The number of unbranched alkanes of at least 4 members (excludes halogenated alkanes) is 1. The van der Waals surface area contributed by atoms with Crippen molar-refractivity contribution in [3.63, 3.8) is 0 Å². The van der Waals surface area contributed by atoms with Gasteiger partial charge in [0.25, 0.3) is 0 Å². The van der Waals surface area contributed by atoms with Gasteiger partial charge < -0.3 is 11.1 Å². The third-order valence-corrected chi connectivity index (χ3v) is 5.33. The number of rotatable bonds is 7. The maximum absolute atomic E-state index is 11.8. The summed E-state index contributed by atoms with van der Waals surface area (Å²) >= 11 is 3.14. The number of fused-ring (bicyclic) bond motifs is 1. The molecule has 0 aliphatic carbocycles. The van der Waals surface area contributed by atoms with Gasteiger partial charge in [-0.1, -0.05) is 11.8 Å². The highest BCUT2D eigenvalue weighted by molar-refractivity contribution is 8.00. The summed E-state index contributed by atoms with van der Waals surface area (Å²) < 4.78 is 0. The Kier molecular flexibility index (Phi) is 5.96. The highest BCUT2D eigenvalue weighted by Crippen LogP contribution is 2.34. The van der Waals surface area contributed by atoms with Gasteiger partial charge >= 0.3 is 0 Å². The topological polar surface area (TPSA) is 80.9 Å². The molecule has 2 rings (SSSR count). The van der Waals surface area contributed by atoms with Crippen molar-refractivity contribution in [1.29, 1.82) is 0 Å². The number of carbonyl (C=O) groups is 1. The lowest BCUT2D eigenvalue weighted by Gasteiger charge is -2.05. The van der Waals surface area contributed by atoms with E-state index in [1.54, 1.807) is 17.7 Å². The van der Waals surface area contributed by atoms with Gasteiger partial charge in [0.1, 0.15) is 16.2 Å². The summed E-state index contributed by atoms with van der Waals surface area (Å²) in [6.07, 6.45) is 3.43. The first-order chi connectivity index (χ1) is 10.1. The third kappa shape index (κ3) is 4.15. The van der Waals surface area contributed by atoms with Gasteiger partial charge in [-0.3, -0.25) is 4.79 Å². The van der Waals surface area contributed by atoms with Crippen LogP contribution in [-0.4, -0.2) is 34.7 Å². The van der Waals surface area contributed by atoms with Gasteiger partial charge in [0.15, 0.2) is 0 Å². The second kappa shape index (κ2) is 7.72. The standard InChI is InChI=1S/C14H20N4OS2/c1-9-10(2)21-14-12(9)13(17-8-18-14)20-7-11(19)16-6-4-3-5-15/h8H,3-7,15H2,1-2H3,(H,16,19). The van der Waals surface area contributed by atoms with Crippen molar-refractivity contribution in [2.45, 2.75) is 31.7 Å². The summed E-state index contributed by atoms with van der Waals surface area (Å²) in [5.41, 5.74) is 6.63. The van der Waals surface area contributed by atoms with Crippen molar-refractivity contribution in [1.82, 2.24) is 15.3 Å². The summed E-state index contributed by atoms with van der Waals surface area (Å²) in [6.45, 7) is 5.52. The molecule has 2 aromatic rings. The summed E-state index contributed by atoms with van der Waals surface area (Å²) in [5, 5.41) is 4.87. The zero-order valence-electron chi connectivity index (χ0n) is 12.3. The maximum atomic E-state index is 11.8. The predicted octanol–water partition coefficient (Wildman–Crippen LogP) is 2.26. The molecule has 0 radical (unpaired) electrons. The fraction of sp³-hybridized carbons (Fsp3) is 0.500. The van der Waals surface area contributed by atoms with Gasteiger partial charge in [-0.2, -0.15) is 0 Å². The number of carbonyl (C=O) groups excluding carboxylic acids is 1. The minimum Gasteiger partial charge on any atom is -0.355 e. The number of hydrogen-bond acceptors (Lipinski definition) is 6. The Morgan fingerprint density at radius 3 is 2.95 bits per heavy atom. The summed E-state index contributed by atoms with van der Waals surface area (Å²) in [7, 11) is 0. The number of thioether (sulfide) groups is 1. The Bertz CT molecular complexity index is 627. The second-order valence-corrected chi connectivity index (χ2v) is 6.94. The Labute approximate surface area is 132 Å². The van der Waals surface area contributed by atoms with Crippen LogP contribution in [-0.2, 0) is 4.79 Å². The number of amides is 1. The number of nitrogens with zero attached hydrogens (tertiary/aromatic N) is 2. The summed E-state index contributed by atoms with van der Waals surface area (Å²) in [5.74, 6) is 0.414. The molecule has 0 saturated carbocycles. The van der Waals surface area contributed by atoms with Crippen molar-refractivity contribution >= 4 is 39.2 Å². The van der Waals surface area contributed by atoms with Crippen LogP contribution in [0, 0.1) is 13.8 Å². The fourth-order valence-electron chi connectivity index (χ4n) is 1.94. The Morgan fingerprint density at radius 1 is 1.38 bits per heavy atom. The zero-order chi connectivity index (χ0) is 15.2. The lowest BCUT2D eigenvalue weighted by Crippen LogP contribution is -2.26. The van der Waals surface area contributed by atoms with Crippen LogP contribution in [0.5, 0.6) is 0 Å². The van der Waals surface area contributed by atoms with E-state index in [2.05, 4.69) is 29.1 Å². The van der Waals surface area contributed by atoms with Gasteiger partial charge in [-0.05, 0) is 38.8 Å². The van der Waals surface area contributed by atoms with Gasteiger partial charge in [0.05, 0.1) is 5.75 Å². The van der Waals surface area contributed by atoms with Crippen LogP contribution >= 0.6 is 23.1 Å². The van der Waals surface area contributed by atoms with Crippen molar-refractivity contribution in [3.05, 3.63) is 16.8 Å². The van der Waals surface area contributed by atoms with Crippen molar-refractivity contribution in [3.8, 4) is 0 Å². The fourth-order valence-corrected chi connectivity index (χ4v) is 3.89. The second-order valence-electron chi connectivity index (χ2n) is 4.78. The molecule has 0 fully saturated rings. The molecular formula is C14H20N4OS2. The van der Waals surface area contributed by atoms with Gasteiger partial charge in [-0.15, -0.1) is 11.3 Å². The molecule has 7 heteroatoms. The lowest BCUT2D eigenvalue weighted by atomic mass is 10.2. The van der Waals surface area contributed by atoms with Crippen LogP contribution in [0.1, 0.15) is 23.3 Å². The Hall–Kier alpha value is -1.18. The van der Waals surface area contributed by atoms with E-state index in [0.29, 0.717) is 18.8 Å². The van der Waals surface area contributed by atoms with Crippen molar-refractivity contribution in [2.75, 3.05) is 18.8 Å². The molecule has 0 saturated heterocycles. The molecule has 0 aliphatic heterocycles. The zero-order valence-corrected chi connectivity index (χ0v) is 13.9. The molecule has 5 nitrogen and oxygen atoms in total. The van der Waals surface area contributed by atoms with Crippen LogP contribution in [0.2, 0.25) is 0 Å². The van der Waals surface area contributed by atoms with Gasteiger partial charge in [0, 0.05) is 16.8 Å². The van der Waals surface area contributed by atoms with Crippen LogP contribution in [0.4, 0.5) is 0 Å². The summed E-state index contributed by atoms with van der Waals surface area (Å²) in [4.78, 5) is 22.7. The highest BCUT2D eigenvalue weighted by atomic mass is 32.2. The predicted molar refractivity (Wildman–Crippen MR) is 88.9 cm³/mol. The first-order valence-electron chi connectivity index (χ1n) is 6.93.